The van der Waals surface area contributed by atoms with Gasteiger partial charge in [-0.15, -0.1) is 0 Å². The zero-order chi connectivity index (χ0) is 11.9. The highest BCUT2D eigenvalue weighted by atomic mass is 16.3. The number of para-hydroxylation sites is 1. The van der Waals surface area contributed by atoms with E-state index in [1.54, 1.807) is 12.5 Å². The Labute approximate surface area is 100.0 Å². The van der Waals surface area contributed by atoms with Gasteiger partial charge in [-0.2, -0.15) is 5.26 Å². The van der Waals surface area contributed by atoms with Crippen molar-refractivity contribution in [2.24, 2.45) is 0 Å². The van der Waals surface area contributed by atoms with Crippen molar-refractivity contribution in [2.45, 2.75) is 6.42 Å². The number of allylic oxidation sites excluding steroid dienone is 1. The van der Waals surface area contributed by atoms with E-state index < -0.39 is 0 Å². The van der Waals surface area contributed by atoms with Crippen LogP contribution in [0.5, 0.6) is 0 Å². The van der Waals surface area contributed by atoms with Gasteiger partial charge in [0.15, 0.2) is 0 Å². The predicted octanol–water partition coefficient (Wildman–Crippen LogP) is 3.34. The van der Waals surface area contributed by atoms with Crippen molar-refractivity contribution >= 4 is 5.69 Å². The van der Waals surface area contributed by atoms with Crippen LogP contribution in [-0.4, -0.2) is 0 Å². The van der Waals surface area contributed by atoms with Crippen molar-refractivity contribution in [1.82, 2.24) is 0 Å². The smallest absolute Gasteiger partial charge is 0.108 e. The molecule has 0 aliphatic heterocycles. The van der Waals surface area contributed by atoms with Crippen LogP contribution in [0.1, 0.15) is 5.76 Å². The van der Waals surface area contributed by atoms with Crippen LogP contribution < -0.4 is 5.32 Å². The van der Waals surface area contributed by atoms with Gasteiger partial charge < -0.3 is 9.73 Å². The molecule has 1 N–H and O–H groups in total. The van der Waals surface area contributed by atoms with Gasteiger partial charge in [-0.05, 0) is 24.3 Å². The first-order chi connectivity index (χ1) is 8.38. The van der Waals surface area contributed by atoms with Crippen LogP contribution >= 0.6 is 0 Å². The third-order valence-corrected chi connectivity index (χ3v) is 2.28. The van der Waals surface area contributed by atoms with E-state index >= 15 is 0 Å². The molecule has 0 bridgehead atoms. The molecule has 3 heteroatoms. The molecule has 1 aromatic heterocycles. The minimum Gasteiger partial charge on any atom is -0.469 e. The molecule has 0 spiro atoms. The van der Waals surface area contributed by atoms with Crippen LogP contribution in [0.15, 0.2) is 64.9 Å². The lowest BCUT2D eigenvalue weighted by Crippen LogP contribution is -1.93. The molecule has 0 unspecified atom stereocenters. The van der Waals surface area contributed by atoms with E-state index in [1.807, 2.05) is 42.5 Å². The predicted molar refractivity (Wildman–Crippen MR) is 66.2 cm³/mol. The third-order valence-electron chi connectivity index (χ3n) is 2.28. The Kier molecular flexibility index (Phi) is 3.61. The lowest BCUT2D eigenvalue weighted by molar-refractivity contribution is 0.521. The van der Waals surface area contributed by atoms with E-state index in [9.17, 15) is 0 Å². The van der Waals surface area contributed by atoms with E-state index in [0.717, 1.165) is 11.4 Å². The zero-order valence-electron chi connectivity index (χ0n) is 9.26. The molecule has 0 fully saturated rings. The van der Waals surface area contributed by atoms with Gasteiger partial charge in [0, 0.05) is 18.3 Å². The van der Waals surface area contributed by atoms with Gasteiger partial charge in [0.25, 0.3) is 0 Å². The van der Waals surface area contributed by atoms with Gasteiger partial charge >= 0.3 is 0 Å². The van der Waals surface area contributed by atoms with Crippen molar-refractivity contribution in [1.29, 1.82) is 5.26 Å². The quantitative estimate of drug-likeness (QED) is 0.810. The third kappa shape index (κ3) is 3.25. The molecule has 84 valence electrons. The summed E-state index contributed by atoms with van der Waals surface area (Å²) in [7, 11) is 0. The summed E-state index contributed by atoms with van der Waals surface area (Å²) in [6, 6.07) is 15.5. The van der Waals surface area contributed by atoms with Crippen molar-refractivity contribution in [3.63, 3.8) is 0 Å². The molecule has 0 aliphatic rings. The molecule has 1 aromatic carbocycles. The molecule has 3 nitrogen and oxygen atoms in total. The summed E-state index contributed by atoms with van der Waals surface area (Å²) in [6.07, 6.45) is 3.82. The van der Waals surface area contributed by atoms with Crippen molar-refractivity contribution in [3.05, 3.63) is 66.3 Å². The number of benzene rings is 1. The molecule has 0 amide bonds. The number of anilines is 1. The Balaban J connectivity index is 2.02. The number of nitrogens with one attached hydrogen (secondary N) is 1. The average molecular weight is 224 g/mol. The zero-order valence-corrected chi connectivity index (χ0v) is 9.26. The van der Waals surface area contributed by atoms with Crippen molar-refractivity contribution in [3.8, 4) is 6.07 Å². The minimum absolute atomic E-state index is 0.503. The second-order valence-electron chi connectivity index (χ2n) is 3.55. The van der Waals surface area contributed by atoms with Gasteiger partial charge in [-0.25, -0.2) is 0 Å². The number of hydrogen-bond donors (Lipinski definition) is 1. The largest absolute Gasteiger partial charge is 0.469 e. The summed E-state index contributed by atoms with van der Waals surface area (Å²) < 4.78 is 5.20. The van der Waals surface area contributed by atoms with Crippen LogP contribution in [0.25, 0.3) is 0 Å². The Morgan fingerprint density at radius 2 is 2.06 bits per heavy atom. The molecular weight excluding hydrogens is 212 g/mol. The van der Waals surface area contributed by atoms with Crippen LogP contribution in [0.2, 0.25) is 0 Å². The fraction of sp³-hybridized carbons (Fsp3) is 0.0714. The molecule has 0 saturated heterocycles. The average Bonchev–Trinajstić information content (AvgIpc) is 2.88. The summed E-state index contributed by atoms with van der Waals surface area (Å²) in [4.78, 5) is 0. The van der Waals surface area contributed by atoms with Crippen LogP contribution in [0.4, 0.5) is 5.69 Å². The number of nitriles is 1. The Morgan fingerprint density at radius 3 is 2.71 bits per heavy atom. The second-order valence-corrected chi connectivity index (χ2v) is 3.55. The molecule has 17 heavy (non-hydrogen) atoms. The highest BCUT2D eigenvalue weighted by Gasteiger charge is 2.00. The highest BCUT2D eigenvalue weighted by Crippen LogP contribution is 2.10. The standard InChI is InChI=1S/C14H12N2O/c15-10-12(9-14-7-4-8-17-14)11-16-13-5-2-1-3-6-13/h1-8,11,16H,9H2/b12-11-. The summed E-state index contributed by atoms with van der Waals surface area (Å²) in [5.74, 6) is 0.785. The lowest BCUT2D eigenvalue weighted by Gasteiger charge is -2.01. The fourth-order valence-electron chi connectivity index (χ4n) is 1.43. The van der Waals surface area contributed by atoms with E-state index in [-0.39, 0.29) is 0 Å². The molecule has 0 saturated carbocycles. The molecule has 2 aromatic rings. The second kappa shape index (κ2) is 5.57. The maximum atomic E-state index is 9.00. The summed E-state index contributed by atoms with van der Waals surface area (Å²) in [5.41, 5.74) is 1.59. The number of furan rings is 1. The molecule has 2 rings (SSSR count). The van der Waals surface area contributed by atoms with E-state index in [1.165, 1.54) is 0 Å². The van der Waals surface area contributed by atoms with Gasteiger partial charge in [0.2, 0.25) is 0 Å². The Morgan fingerprint density at radius 1 is 1.24 bits per heavy atom. The first kappa shape index (κ1) is 11.0. The van der Waals surface area contributed by atoms with E-state index in [0.29, 0.717) is 12.0 Å². The van der Waals surface area contributed by atoms with Crippen molar-refractivity contribution < 1.29 is 4.42 Å². The number of rotatable bonds is 4. The Bertz CT molecular complexity index is 521. The van der Waals surface area contributed by atoms with E-state index in [2.05, 4.69) is 11.4 Å². The van der Waals surface area contributed by atoms with Crippen LogP contribution in [0, 0.1) is 11.3 Å². The van der Waals surface area contributed by atoms with E-state index in [4.69, 9.17) is 9.68 Å². The normalized spacial score (nSPS) is 10.9. The minimum atomic E-state index is 0.503. The highest BCUT2D eigenvalue weighted by molar-refractivity contribution is 5.46. The maximum Gasteiger partial charge on any atom is 0.108 e. The first-order valence-corrected chi connectivity index (χ1v) is 5.31. The molecule has 0 radical (unpaired) electrons. The summed E-state index contributed by atoms with van der Waals surface area (Å²) in [6.45, 7) is 0. The van der Waals surface area contributed by atoms with Gasteiger partial charge in [0.1, 0.15) is 5.76 Å². The maximum absolute atomic E-state index is 9.00. The lowest BCUT2D eigenvalue weighted by atomic mass is 10.2. The monoisotopic (exact) mass is 224 g/mol. The summed E-state index contributed by atoms with van der Waals surface area (Å²) >= 11 is 0. The SMILES string of the molecule is N#C/C(=C\Nc1ccccc1)Cc1ccco1. The number of nitrogens with zero attached hydrogens (tertiary/aromatic N) is 1. The first-order valence-electron chi connectivity index (χ1n) is 5.31. The summed E-state index contributed by atoms with van der Waals surface area (Å²) in [5, 5.41) is 12.1. The van der Waals surface area contributed by atoms with Crippen molar-refractivity contribution in [2.75, 3.05) is 5.32 Å². The molecule has 1 heterocycles. The molecule has 0 aliphatic carbocycles. The van der Waals surface area contributed by atoms with Gasteiger partial charge in [-0.3, -0.25) is 0 Å². The fourth-order valence-corrected chi connectivity index (χ4v) is 1.43. The number of hydrogen-bond acceptors (Lipinski definition) is 3. The van der Waals surface area contributed by atoms with Gasteiger partial charge in [-0.1, -0.05) is 18.2 Å². The van der Waals surface area contributed by atoms with Gasteiger partial charge in [0.05, 0.1) is 17.9 Å². The van der Waals surface area contributed by atoms with Crippen LogP contribution in [-0.2, 0) is 6.42 Å². The Hall–Kier alpha value is -2.47. The van der Waals surface area contributed by atoms with Crippen LogP contribution in [0.3, 0.4) is 0 Å². The molecule has 0 atom stereocenters. The topological polar surface area (TPSA) is 49.0 Å². The molecular formula is C14H12N2O.